The number of carbonyl (C=O) groups excluding carboxylic acids is 1. The van der Waals surface area contributed by atoms with E-state index in [0.717, 1.165) is 47.8 Å². The Morgan fingerprint density at radius 1 is 1.10 bits per heavy atom. The molecule has 152 valence electrons. The van der Waals surface area contributed by atoms with Crippen LogP contribution < -0.4 is 5.32 Å². The van der Waals surface area contributed by atoms with E-state index in [9.17, 15) is 4.79 Å². The van der Waals surface area contributed by atoms with Crippen molar-refractivity contribution >= 4 is 16.8 Å². The lowest BCUT2D eigenvalue weighted by molar-refractivity contribution is -0.122. The zero-order valence-electron chi connectivity index (χ0n) is 16.7. The summed E-state index contributed by atoms with van der Waals surface area (Å²) in [6, 6.07) is 12.7. The van der Waals surface area contributed by atoms with E-state index in [1.165, 1.54) is 0 Å². The van der Waals surface area contributed by atoms with Gasteiger partial charge in [-0.1, -0.05) is 18.2 Å². The third-order valence-corrected chi connectivity index (χ3v) is 5.91. The molecule has 1 fully saturated rings. The third kappa shape index (κ3) is 3.83. The summed E-state index contributed by atoms with van der Waals surface area (Å²) >= 11 is 0. The van der Waals surface area contributed by atoms with Crippen molar-refractivity contribution in [2.45, 2.75) is 44.3 Å². The van der Waals surface area contributed by atoms with Gasteiger partial charge in [-0.05, 0) is 49.3 Å². The summed E-state index contributed by atoms with van der Waals surface area (Å²) in [4.78, 5) is 20.8. The van der Waals surface area contributed by atoms with Crippen molar-refractivity contribution in [2.24, 2.45) is 0 Å². The molecule has 1 amide bonds. The van der Waals surface area contributed by atoms with Gasteiger partial charge in [0.1, 0.15) is 12.9 Å². The number of fused-ring (bicyclic) bond motifs is 1. The first-order valence-electron chi connectivity index (χ1n) is 10.4. The Hall–Kier alpha value is -3.48. The maximum atomic E-state index is 12.6. The number of hydrogen-bond acceptors (Lipinski definition) is 4. The molecular formula is C23H24N6O. The Balaban J connectivity index is 1.15. The minimum absolute atomic E-state index is 0.0740. The number of nitrogens with zero attached hydrogens (tertiary/aromatic N) is 5. The summed E-state index contributed by atoms with van der Waals surface area (Å²) in [5.74, 6) is 0.0740. The summed E-state index contributed by atoms with van der Waals surface area (Å²) in [6.07, 6.45) is 13.1. The Labute approximate surface area is 174 Å². The average Bonchev–Trinajstić information content (AvgIpc) is 3.43. The zero-order valence-corrected chi connectivity index (χ0v) is 16.7. The van der Waals surface area contributed by atoms with Crippen LogP contribution >= 0.6 is 0 Å². The number of carbonyl (C=O) groups is 1. The van der Waals surface area contributed by atoms with Crippen LogP contribution in [-0.4, -0.2) is 36.3 Å². The molecule has 0 spiro atoms. The SMILES string of the molecule is O=C(Cn1ccc2ccccc21)NC1CCC(n2cc(-c3ccncn3)cn2)CC1. The van der Waals surface area contributed by atoms with E-state index in [1.807, 2.05) is 52.0 Å². The lowest BCUT2D eigenvalue weighted by atomic mass is 9.91. The maximum absolute atomic E-state index is 12.6. The highest BCUT2D eigenvalue weighted by atomic mass is 16.2. The van der Waals surface area contributed by atoms with Crippen LogP contribution in [-0.2, 0) is 11.3 Å². The van der Waals surface area contributed by atoms with Gasteiger partial charge in [-0.3, -0.25) is 9.48 Å². The molecule has 3 heterocycles. The van der Waals surface area contributed by atoms with Gasteiger partial charge in [0, 0.05) is 35.7 Å². The summed E-state index contributed by atoms with van der Waals surface area (Å²) in [6.45, 7) is 0.356. The second-order valence-electron chi connectivity index (χ2n) is 7.88. The molecule has 0 bridgehead atoms. The van der Waals surface area contributed by atoms with Gasteiger partial charge in [-0.15, -0.1) is 0 Å². The molecule has 1 aromatic carbocycles. The number of aromatic nitrogens is 5. The van der Waals surface area contributed by atoms with Crippen LogP contribution in [0.4, 0.5) is 0 Å². The fourth-order valence-corrected chi connectivity index (χ4v) is 4.32. The molecule has 0 aliphatic heterocycles. The van der Waals surface area contributed by atoms with Gasteiger partial charge in [0.05, 0.1) is 17.9 Å². The standard InChI is InChI=1S/C23H24N6O/c30-23(15-28-12-10-17-3-1-2-4-22(17)28)27-19-5-7-20(8-6-19)29-14-18(13-26-29)21-9-11-24-16-25-21/h1-4,9-14,16,19-20H,5-8,15H2,(H,27,30). The highest BCUT2D eigenvalue weighted by Crippen LogP contribution is 2.29. The van der Waals surface area contributed by atoms with Gasteiger partial charge < -0.3 is 9.88 Å². The molecule has 0 saturated heterocycles. The van der Waals surface area contributed by atoms with Gasteiger partial charge in [0.2, 0.25) is 5.91 Å². The lowest BCUT2D eigenvalue weighted by Crippen LogP contribution is -2.39. The van der Waals surface area contributed by atoms with Crippen molar-refractivity contribution < 1.29 is 4.79 Å². The molecule has 0 radical (unpaired) electrons. The van der Waals surface area contributed by atoms with Crippen molar-refractivity contribution in [1.29, 1.82) is 0 Å². The van der Waals surface area contributed by atoms with Crippen LogP contribution in [0.1, 0.15) is 31.7 Å². The predicted octanol–water partition coefficient (Wildman–Crippen LogP) is 3.59. The van der Waals surface area contributed by atoms with E-state index in [1.54, 1.807) is 12.5 Å². The molecule has 0 unspecified atom stereocenters. The topological polar surface area (TPSA) is 77.6 Å². The van der Waals surface area contributed by atoms with Crippen LogP contribution in [0.25, 0.3) is 22.2 Å². The quantitative estimate of drug-likeness (QED) is 0.555. The molecule has 5 rings (SSSR count). The normalized spacial score (nSPS) is 19.1. The first-order valence-corrected chi connectivity index (χ1v) is 10.4. The highest BCUT2D eigenvalue weighted by Gasteiger charge is 2.24. The summed E-state index contributed by atoms with van der Waals surface area (Å²) in [5.41, 5.74) is 2.98. The van der Waals surface area contributed by atoms with Crippen molar-refractivity contribution in [3.63, 3.8) is 0 Å². The Bertz CT molecular complexity index is 1140. The van der Waals surface area contributed by atoms with E-state index in [2.05, 4.69) is 32.6 Å². The first kappa shape index (κ1) is 18.5. The molecule has 1 aliphatic carbocycles. The molecule has 1 N–H and O–H groups in total. The maximum Gasteiger partial charge on any atom is 0.240 e. The van der Waals surface area contributed by atoms with Gasteiger partial charge in [0.25, 0.3) is 0 Å². The Morgan fingerprint density at radius 2 is 1.97 bits per heavy atom. The molecule has 3 aromatic heterocycles. The monoisotopic (exact) mass is 400 g/mol. The second-order valence-corrected chi connectivity index (χ2v) is 7.88. The molecule has 4 aromatic rings. The lowest BCUT2D eigenvalue weighted by Gasteiger charge is -2.29. The van der Waals surface area contributed by atoms with Crippen LogP contribution in [0.15, 0.2) is 67.5 Å². The second kappa shape index (κ2) is 8.10. The minimum Gasteiger partial charge on any atom is -0.352 e. The van der Waals surface area contributed by atoms with E-state index >= 15 is 0 Å². The smallest absolute Gasteiger partial charge is 0.240 e. The van der Waals surface area contributed by atoms with Gasteiger partial charge in [-0.25, -0.2) is 9.97 Å². The number of rotatable bonds is 5. The number of para-hydroxylation sites is 1. The average molecular weight is 400 g/mol. The van der Waals surface area contributed by atoms with E-state index in [-0.39, 0.29) is 11.9 Å². The molecule has 1 saturated carbocycles. The fourth-order valence-electron chi connectivity index (χ4n) is 4.32. The number of amides is 1. The largest absolute Gasteiger partial charge is 0.352 e. The number of nitrogens with one attached hydrogen (secondary N) is 1. The first-order chi connectivity index (χ1) is 14.8. The van der Waals surface area contributed by atoms with Crippen molar-refractivity contribution in [2.75, 3.05) is 0 Å². The van der Waals surface area contributed by atoms with Gasteiger partial charge >= 0.3 is 0 Å². The minimum atomic E-state index is 0.0740. The molecule has 30 heavy (non-hydrogen) atoms. The summed E-state index contributed by atoms with van der Waals surface area (Å²) in [5, 5.41) is 8.92. The van der Waals surface area contributed by atoms with Crippen LogP contribution in [0, 0.1) is 0 Å². The van der Waals surface area contributed by atoms with Crippen LogP contribution in [0.5, 0.6) is 0 Å². The Morgan fingerprint density at radius 3 is 2.80 bits per heavy atom. The van der Waals surface area contributed by atoms with Crippen molar-refractivity contribution in [3.8, 4) is 11.3 Å². The number of benzene rings is 1. The van der Waals surface area contributed by atoms with Crippen LogP contribution in [0.3, 0.4) is 0 Å². The van der Waals surface area contributed by atoms with Crippen molar-refractivity contribution in [1.82, 2.24) is 29.6 Å². The predicted molar refractivity (Wildman–Crippen MR) is 115 cm³/mol. The summed E-state index contributed by atoms with van der Waals surface area (Å²) in [7, 11) is 0. The highest BCUT2D eigenvalue weighted by molar-refractivity contribution is 5.83. The molecule has 7 nitrogen and oxygen atoms in total. The van der Waals surface area contributed by atoms with Crippen molar-refractivity contribution in [3.05, 3.63) is 67.5 Å². The van der Waals surface area contributed by atoms with E-state index in [4.69, 9.17) is 0 Å². The fraction of sp³-hybridized carbons (Fsp3) is 0.304. The number of hydrogen-bond donors (Lipinski definition) is 1. The summed E-state index contributed by atoms with van der Waals surface area (Å²) < 4.78 is 4.05. The van der Waals surface area contributed by atoms with Crippen LogP contribution in [0.2, 0.25) is 0 Å². The Kier molecular flexibility index (Phi) is 5.01. The van der Waals surface area contributed by atoms with E-state index in [0.29, 0.717) is 12.6 Å². The molecule has 1 aliphatic rings. The molecular weight excluding hydrogens is 376 g/mol. The molecule has 7 heteroatoms. The third-order valence-electron chi connectivity index (χ3n) is 5.91. The zero-order chi connectivity index (χ0) is 20.3. The van der Waals surface area contributed by atoms with Gasteiger partial charge in [-0.2, -0.15) is 5.10 Å². The van der Waals surface area contributed by atoms with E-state index < -0.39 is 0 Å². The van der Waals surface area contributed by atoms with Gasteiger partial charge in [0.15, 0.2) is 0 Å². The molecule has 0 atom stereocenters.